The molecule has 1 amide bonds. The Morgan fingerprint density at radius 2 is 2.18 bits per heavy atom. The van der Waals surface area contributed by atoms with Crippen LogP contribution >= 0.6 is 11.3 Å². The van der Waals surface area contributed by atoms with Gasteiger partial charge in [-0.2, -0.15) is 0 Å². The molecule has 0 unspecified atom stereocenters. The van der Waals surface area contributed by atoms with E-state index in [2.05, 4.69) is 16.4 Å². The number of nitrogens with zero attached hydrogens (tertiary/aromatic N) is 3. The van der Waals surface area contributed by atoms with E-state index in [1.807, 2.05) is 13.0 Å². The third-order valence-electron chi connectivity index (χ3n) is 3.49. The predicted octanol–water partition coefficient (Wildman–Crippen LogP) is 3.30. The molecule has 0 aliphatic rings. The highest BCUT2D eigenvalue weighted by Crippen LogP contribution is 2.29. The molecule has 0 N–H and O–H groups in total. The number of thiophene rings is 1. The lowest BCUT2D eigenvalue weighted by Gasteiger charge is -2.11. The van der Waals surface area contributed by atoms with Gasteiger partial charge in [0, 0.05) is 36.9 Å². The van der Waals surface area contributed by atoms with Crippen LogP contribution in [0.4, 0.5) is 4.39 Å². The standard InChI is InChI=1S/C16H16FN3OS/c1-10-4-14(22-9-10)11-5-13-16(18-6-11)12(17)7-20(13)8-15(21)19(2)3/h4-7,9H,8H2,1-3H3. The van der Waals surface area contributed by atoms with Gasteiger partial charge in [0.05, 0.1) is 5.52 Å². The van der Waals surface area contributed by atoms with Gasteiger partial charge in [0.1, 0.15) is 12.1 Å². The second-order valence-corrected chi connectivity index (χ2v) is 6.38. The number of carbonyl (C=O) groups excluding carboxylic acids is 1. The summed E-state index contributed by atoms with van der Waals surface area (Å²) in [4.78, 5) is 18.7. The van der Waals surface area contributed by atoms with Crippen LogP contribution in [0, 0.1) is 12.7 Å². The smallest absolute Gasteiger partial charge is 0.241 e. The second-order valence-electron chi connectivity index (χ2n) is 5.47. The van der Waals surface area contributed by atoms with Crippen molar-refractivity contribution < 1.29 is 9.18 Å². The van der Waals surface area contributed by atoms with Crippen molar-refractivity contribution in [3.05, 3.63) is 41.3 Å². The summed E-state index contributed by atoms with van der Waals surface area (Å²) in [7, 11) is 3.37. The van der Waals surface area contributed by atoms with E-state index in [1.54, 1.807) is 36.2 Å². The van der Waals surface area contributed by atoms with Crippen molar-refractivity contribution in [2.24, 2.45) is 0 Å². The Hall–Kier alpha value is -2.21. The highest BCUT2D eigenvalue weighted by molar-refractivity contribution is 7.13. The lowest BCUT2D eigenvalue weighted by atomic mass is 10.2. The van der Waals surface area contributed by atoms with Crippen molar-refractivity contribution in [3.63, 3.8) is 0 Å². The molecular formula is C16H16FN3OS. The summed E-state index contributed by atoms with van der Waals surface area (Å²) in [6.07, 6.45) is 3.01. The summed E-state index contributed by atoms with van der Waals surface area (Å²) in [5.41, 5.74) is 3.05. The number of halogens is 1. The molecule has 3 aromatic heterocycles. The Labute approximate surface area is 131 Å². The second kappa shape index (κ2) is 5.53. The number of aryl methyl sites for hydroxylation is 1. The lowest BCUT2D eigenvalue weighted by molar-refractivity contribution is -0.129. The van der Waals surface area contributed by atoms with Crippen molar-refractivity contribution >= 4 is 28.3 Å². The van der Waals surface area contributed by atoms with Crippen LogP contribution in [-0.4, -0.2) is 34.5 Å². The topological polar surface area (TPSA) is 38.1 Å². The lowest BCUT2D eigenvalue weighted by Crippen LogP contribution is -2.25. The average Bonchev–Trinajstić information content (AvgIpc) is 3.03. The maximum Gasteiger partial charge on any atom is 0.241 e. The van der Waals surface area contributed by atoms with Crippen LogP contribution in [0.25, 0.3) is 21.5 Å². The minimum atomic E-state index is -0.407. The summed E-state index contributed by atoms with van der Waals surface area (Å²) < 4.78 is 15.6. The van der Waals surface area contributed by atoms with Crippen LogP contribution in [-0.2, 0) is 11.3 Å². The SMILES string of the molecule is Cc1csc(-c2cnc3c(F)cn(CC(=O)N(C)C)c3c2)c1. The average molecular weight is 317 g/mol. The Morgan fingerprint density at radius 1 is 1.41 bits per heavy atom. The van der Waals surface area contributed by atoms with Gasteiger partial charge in [-0.1, -0.05) is 0 Å². The first kappa shape index (κ1) is 14.7. The van der Waals surface area contributed by atoms with Gasteiger partial charge in [-0.15, -0.1) is 11.3 Å². The van der Waals surface area contributed by atoms with Crippen LogP contribution in [0.15, 0.2) is 29.9 Å². The molecule has 0 spiro atoms. The number of aromatic nitrogens is 2. The van der Waals surface area contributed by atoms with E-state index in [0.717, 1.165) is 10.4 Å². The summed E-state index contributed by atoms with van der Waals surface area (Å²) in [5, 5.41) is 2.06. The Morgan fingerprint density at radius 3 is 2.82 bits per heavy atom. The van der Waals surface area contributed by atoms with Crippen molar-refractivity contribution in [2.75, 3.05) is 14.1 Å². The molecule has 114 valence electrons. The minimum absolute atomic E-state index is 0.0886. The Kier molecular flexibility index (Phi) is 3.70. The molecule has 0 aliphatic heterocycles. The van der Waals surface area contributed by atoms with Gasteiger partial charge in [-0.25, -0.2) is 4.39 Å². The molecule has 0 atom stereocenters. The van der Waals surface area contributed by atoms with Crippen molar-refractivity contribution in [3.8, 4) is 10.4 Å². The van der Waals surface area contributed by atoms with Gasteiger partial charge < -0.3 is 9.47 Å². The number of hydrogen-bond donors (Lipinski definition) is 0. The van der Waals surface area contributed by atoms with Gasteiger partial charge in [-0.05, 0) is 30.0 Å². The summed E-state index contributed by atoms with van der Waals surface area (Å²) in [6.45, 7) is 2.13. The molecule has 0 aromatic carbocycles. The van der Waals surface area contributed by atoms with Gasteiger partial charge in [0.25, 0.3) is 0 Å². The van der Waals surface area contributed by atoms with Crippen molar-refractivity contribution in [2.45, 2.75) is 13.5 Å². The number of amides is 1. The van der Waals surface area contributed by atoms with E-state index in [1.165, 1.54) is 16.7 Å². The molecule has 22 heavy (non-hydrogen) atoms. The normalized spacial score (nSPS) is 11.1. The van der Waals surface area contributed by atoms with Gasteiger partial charge >= 0.3 is 0 Å². The molecule has 3 aromatic rings. The van der Waals surface area contributed by atoms with Crippen LogP contribution < -0.4 is 0 Å². The molecule has 6 heteroatoms. The van der Waals surface area contributed by atoms with E-state index < -0.39 is 5.82 Å². The van der Waals surface area contributed by atoms with Crippen molar-refractivity contribution in [1.82, 2.24) is 14.5 Å². The highest BCUT2D eigenvalue weighted by Gasteiger charge is 2.14. The van der Waals surface area contributed by atoms with E-state index in [-0.39, 0.29) is 12.5 Å². The molecule has 0 bridgehead atoms. The molecule has 0 radical (unpaired) electrons. The highest BCUT2D eigenvalue weighted by atomic mass is 32.1. The Balaban J connectivity index is 2.08. The fourth-order valence-corrected chi connectivity index (χ4v) is 3.14. The zero-order chi connectivity index (χ0) is 15.9. The fraction of sp³-hybridized carbons (Fsp3) is 0.250. The maximum absolute atomic E-state index is 14.0. The van der Waals surface area contributed by atoms with Gasteiger partial charge in [-0.3, -0.25) is 9.78 Å². The zero-order valence-corrected chi connectivity index (χ0v) is 13.4. The first-order valence-electron chi connectivity index (χ1n) is 6.86. The monoisotopic (exact) mass is 317 g/mol. The van der Waals surface area contributed by atoms with Crippen LogP contribution in [0.3, 0.4) is 0 Å². The summed E-state index contributed by atoms with van der Waals surface area (Å²) >= 11 is 1.62. The largest absolute Gasteiger partial charge is 0.347 e. The molecule has 0 saturated heterocycles. The molecular weight excluding hydrogens is 301 g/mol. The molecule has 0 saturated carbocycles. The van der Waals surface area contributed by atoms with Crippen LogP contribution in [0.2, 0.25) is 0 Å². The number of hydrogen-bond acceptors (Lipinski definition) is 3. The summed E-state index contributed by atoms with van der Waals surface area (Å²) in [5.74, 6) is -0.496. The quantitative estimate of drug-likeness (QED) is 0.743. The summed E-state index contributed by atoms with van der Waals surface area (Å²) in [6, 6.07) is 3.96. The molecule has 3 rings (SSSR count). The number of pyridine rings is 1. The van der Waals surface area contributed by atoms with Gasteiger partial charge in [0.15, 0.2) is 5.82 Å². The molecule has 3 heterocycles. The van der Waals surface area contributed by atoms with Crippen LogP contribution in [0.5, 0.6) is 0 Å². The number of rotatable bonds is 3. The van der Waals surface area contributed by atoms with Crippen LogP contribution in [0.1, 0.15) is 5.56 Å². The number of fused-ring (bicyclic) bond motifs is 1. The third kappa shape index (κ3) is 2.62. The zero-order valence-electron chi connectivity index (χ0n) is 12.6. The Bertz CT molecular complexity index is 850. The van der Waals surface area contributed by atoms with E-state index in [4.69, 9.17) is 0 Å². The first-order chi connectivity index (χ1) is 10.5. The van der Waals surface area contributed by atoms with E-state index in [0.29, 0.717) is 11.0 Å². The van der Waals surface area contributed by atoms with Crippen molar-refractivity contribution in [1.29, 1.82) is 0 Å². The molecule has 4 nitrogen and oxygen atoms in total. The predicted molar refractivity (Wildman–Crippen MR) is 86.4 cm³/mol. The number of carbonyl (C=O) groups is 1. The van der Waals surface area contributed by atoms with E-state index in [9.17, 15) is 9.18 Å². The third-order valence-corrected chi connectivity index (χ3v) is 4.59. The fourth-order valence-electron chi connectivity index (χ4n) is 2.26. The number of likely N-dealkylation sites (N-methyl/N-ethyl adjacent to an activating group) is 1. The van der Waals surface area contributed by atoms with E-state index >= 15 is 0 Å². The molecule has 0 fully saturated rings. The minimum Gasteiger partial charge on any atom is -0.347 e. The first-order valence-corrected chi connectivity index (χ1v) is 7.73. The maximum atomic E-state index is 14.0. The molecule has 0 aliphatic carbocycles. The van der Waals surface area contributed by atoms with Gasteiger partial charge in [0.2, 0.25) is 5.91 Å².